The van der Waals surface area contributed by atoms with E-state index < -0.39 is 5.97 Å². The van der Waals surface area contributed by atoms with Crippen molar-refractivity contribution in [3.05, 3.63) is 35.7 Å². The number of carboxylic acid groups (broad SMARTS) is 1. The fourth-order valence-corrected chi connectivity index (χ4v) is 1.47. The van der Waals surface area contributed by atoms with E-state index in [1.807, 2.05) is 0 Å². The Morgan fingerprint density at radius 1 is 1.11 bits per heavy atom. The number of nitrogens with zero attached hydrogens (tertiary/aromatic N) is 3. The number of carboxylic acids is 1. The van der Waals surface area contributed by atoms with Crippen LogP contribution in [0.25, 0.3) is 0 Å². The number of benzene rings is 1. The van der Waals surface area contributed by atoms with Crippen molar-refractivity contribution in [2.45, 2.75) is 6.92 Å². The molecule has 0 aliphatic heterocycles. The van der Waals surface area contributed by atoms with E-state index in [1.54, 1.807) is 26.1 Å². The van der Waals surface area contributed by atoms with Gasteiger partial charge in [-0.1, -0.05) is 0 Å². The van der Waals surface area contributed by atoms with Gasteiger partial charge in [0, 0.05) is 12.7 Å². The summed E-state index contributed by atoms with van der Waals surface area (Å²) in [5, 5.41) is 14.6. The van der Waals surface area contributed by atoms with Crippen LogP contribution in [0.1, 0.15) is 16.2 Å². The van der Waals surface area contributed by atoms with E-state index in [2.05, 4.69) is 25.6 Å². The fourth-order valence-electron chi connectivity index (χ4n) is 1.47. The van der Waals surface area contributed by atoms with Crippen molar-refractivity contribution in [2.75, 3.05) is 17.7 Å². The Bertz CT molecular complexity index is 598. The smallest absolute Gasteiger partial charge is 0.335 e. The Labute approximate surface area is 109 Å². The van der Waals surface area contributed by atoms with Gasteiger partial charge in [0.2, 0.25) is 11.9 Å². The highest BCUT2D eigenvalue weighted by Crippen LogP contribution is 2.15. The Balaban J connectivity index is 2.21. The Hall–Kier alpha value is -2.70. The first-order valence-corrected chi connectivity index (χ1v) is 5.59. The van der Waals surface area contributed by atoms with E-state index in [-0.39, 0.29) is 5.56 Å². The van der Waals surface area contributed by atoms with Gasteiger partial charge in [-0.05, 0) is 31.2 Å². The molecule has 1 aromatic carbocycles. The molecule has 0 saturated heterocycles. The second-order valence-corrected chi connectivity index (χ2v) is 3.79. The zero-order valence-corrected chi connectivity index (χ0v) is 10.5. The number of nitrogens with one attached hydrogen (secondary N) is 2. The average molecular weight is 259 g/mol. The minimum atomic E-state index is -0.958. The topological polar surface area (TPSA) is 100 Å². The summed E-state index contributed by atoms with van der Waals surface area (Å²) in [6.07, 6.45) is 0. The number of aromatic carboxylic acids is 1. The van der Waals surface area contributed by atoms with E-state index in [0.717, 1.165) is 0 Å². The zero-order valence-electron chi connectivity index (χ0n) is 10.5. The molecule has 0 atom stereocenters. The first-order chi connectivity index (χ1) is 9.08. The van der Waals surface area contributed by atoms with Crippen LogP contribution in [-0.4, -0.2) is 33.1 Å². The summed E-state index contributed by atoms with van der Waals surface area (Å²) in [7, 11) is 1.72. The van der Waals surface area contributed by atoms with Crippen LogP contribution in [-0.2, 0) is 0 Å². The molecule has 7 nitrogen and oxygen atoms in total. The lowest BCUT2D eigenvalue weighted by atomic mass is 10.2. The second kappa shape index (κ2) is 5.30. The van der Waals surface area contributed by atoms with Gasteiger partial charge in [0.25, 0.3) is 0 Å². The highest BCUT2D eigenvalue weighted by atomic mass is 16.4. The van der Waals surface area contributed by atoms with Crippen molar-refractivity contribution in [3.8, 4) is 0 Å². The minimum Gasteiger partial charge on any atom is -0.478 e. The largest absolute Gasteiger partial charge is 0.478 e. The van der Waals surface area contributed by atoms with Crippen molar-refractivity contribution in [2.24, 2.45) is 0 Å². The van der Waals surface area contributed by atoms with Crippen LogP contribution in [0, 0.1) is 6.92 Å². The van der Waals surface area contributed by atoms with Crippen molar-refractivity contribution in [1.82, 2.24) is 15.0 Å². The van der Waals surface area contributed by atoms with Crippen molar-refractivity contribution in [3.63, 3.8) is 0 Å². The Morgan fingerprint density at radius 2 is 1.74 bits per heavy atom. The number of hydrogen-bond donors (Lipinski definition) is 3. The van der Waals surface area contributed by atoms with Crippen LogP contribution in [0.4, 0.5) is 17.6 Å². The summed E-state index contributed by atoms with van der Waals surface area (Å²) in [5.74, 6) is 0.501. The van der Waals surface area contributed by atoms with Gasteiger partial charge < -0.3 is 15.7 Å². The van der Waals surface area contributed by atoms with E-state index in [4.69, 9.17) is 5.11 Å². The molecule has 0 radical (unpaired) electrons. The Morgan fingerprint density at radius 3 is 2.32 bits per heavy atom. The SMILES string of the molecule is CNc1nc(C)nc(Nc2ccc(C(=O)O)cc2)n1. The monoisotopic (exact) mass is 259 g/mol. The molecule has 1 heterocycles. The maximum absolute atomic E-state index is 10.7. The highest BCUT2D eigenvalue weighted by Gasteiger charge is 2.05. The van der Waals surface area contributed by atoms with Crippen molar-refractivity contribution < 1.29 is 9.90 Å². The van der Waals surface area contributed by atoms with Crippen LogP contribution >= 0.6 is 0 Å². The lowest BCUT2D eigenvalue weighted by Crippen LogP contribution is -2.05. The lowest BCUT2D eigenvalue weighted by Gasteiger charge is -2.07. The molecule has 2 rings (SSSR count). The molecule has 2 aromatic rings. The van der Waals surface area contributed by atoms with Gasteiger partial charge in [0.05, 0.1) is 5.56 Å². The maximum Gasteiger partial charge on any atom is 0.335 e. The summed E-state index contributed by atoms with van der Waals surface area (Å²) in [6.45, 7) is 1.77. The summed E-state index contributed by atoms with van der Waals surface area (Å²) >= 11 is 0. The molecule has 98 valence electrons. The third-order valence-corrected chi connectivity index (χ3v) is 2.36. The summed E-state index contributed by atoms with van der Waals surface area (Å²) < 4.78 is 0. The molecule has 0 fully saturated rings. The van der Waals surface area contributed by atoms with Gasteiger partial charge in [-0.3, -0.25) is 0 Å². The van der Waals surface area contributed by atoms with Crippen LogP contribution in [0.5, 0.6) is 0 Å². The molecule has 0 bridgehead atoms. The first kappa shape index (κ1) is 12.7. The zero-order chi connectivity index (χ0) is 13.8. The van der Waals surface area contributed by atoms with Crippen molar-refractivity contribution >= 4 is 23.6 Å². The van der Waals surface area contributed by atoms with Crippen LogP contribution in [0.2, 0.25) is 0 Å². The third kappa shape index (κ3) is 3.15. The van der Waals surface area contributed by atoms with Gasteiger partial charge in [-0.15, -0.1) is 0 Å². The summed E-state index contributed by atoms with van der Waals surface area (Å²) in [4.78, 5) is 23.1. The summed E-state index contributed by atoms with van der Waals surface area (Å²) in [5.41, 5.74) is 0.936. The standard InChI is InChI=1S/C12H13N5O2/c1-7-14-11(13-2)17-12(15-7)16-9-5-3-8(4-6-9)10(18)19/h3-6H,1-2H3,(H,18,19)(H2,13,14,15,16,17). The van der Waals surface area contributed by atoms with E-state index in [1.165, 1.54) is 12.1 Å². The van der Waals surface area contributed by atoms with Crippen LogP contribution in [0.15, 0.2) is 24.3 Å². The van der Waals surface area contributed by atoms with Gasteiger partial charge in [-0.25, -0.2) is 4.79 Å². The molecule has 0 aliphatic rings. The molecule has 3 N–H and O–H groups in total. The number of carbonyl (C=O) groups is 1. The van der Waals surface area contributed by atoms with Crippen molar-refractivity contribution in [1.29, 1.82) is 0 Å². The molecule has 0 saturated carbocycles. The molecule has 0 unspecified atom stereocenters. The molecule has 1 aromatic heterocycles. The lowest BCUT2D eigenvalue weighted by molar-refractivity contribution is 0.0697. The predicted octanol–water partition coefficient (Wildman–Crippen LogP) is 1.66. The minimum absolute atomic E-state index is 0.230. The average Bonchev–Trinajstić information content (AvgIpc) is 2.38. The number of aryl methyl sites for hydroxylation is 1. The quantitative estimate of drug-likeness (QED) is 0.767. The summed E-state index contributed by atoms with van der Waals surface area (Å²) in [6, 6.07) is 6.33. The van der Waals surface area contributed by atoms with E-state index in [0.29, 0.717) is 23.4 Å². The van der Waals surface area contributed by atoms with E-state index in [9.17, 15) is 4.79 Å². The molecule has 19 heavy (non-hydrogen) atoms. The highest BCUT2D eigenvalue weighted by molar-refractivity contribution is 5.88. The molecule has 0 spiro atoms. The Kier molecular flexibility index (Phi) is 3.56. The number of aromatic nitrogens is 3. The maximum atomic E-state index is 10.7. The fraction of sp³-hybridized carbons (Fsp3) is 0.167. The second-order valence-electron chi connectivity index (χ2n) is 3.79. The van der Waals surface area contributed by atoms with Gasteiger partial charge in [-0.2, -0.15) is 15.0 Å². The number of rotatable bonds is 4. The molecule has 7 heteroatoms. The van der Waals surface area contributed by atoms with Gasteiger partial charge in [0.1, 0.15) is 5.82 Å². The molecular formula is C12H13N5O2. The predicted molar refractivity (Wildman–Crippen MR) is 70.8 cm³/mol. The number of anilines is 3. The molecule has 0 aliphatic carbocycles. The van der Waals surface area contributed by atoms with Gasteiger partial charge >= 0.3 is 5.97 Å². The van der Waals surface area contributed by atoms with Gasteiger partial charge in [0.15, 0.2) is 0 Å². The number of hydrogen-bond acceptors (Lipinski definition) is 6. The van der Waals surface area contributed by atoms with Crippen LogP contribution < -0.4 is 10.6 Å². The van der Waals surface area contributed by atoms with Crippen LogP contribution in [0.3, 0.4) is 0 Å². The first-order valence-electron chi connectivity index (χ1n) is 5.59. The molecule has 0 amide bonds. The third-order valence-electron chi connectivity index (χ3n) is 2.36. The van der Waals surface area contributed by atoms with E-state index >= 15 is 0 Å². The molecular weight excluding hydrogens is 246 g/mol. The normalized spacial score (nSPS) is 10.0.